The highest BCUT2D eigenvalue weighted by molar-refractivity contribution is 7.79. The van der Waals surface area contributed by atoms with Gasteiger partial charge in [0.05, 0.1) is 6.61 Å². The number of hydrogen-bond acceptors (Lipinski definition) is 3. The van der Waals surface area contributed by atoms with Crippen LogP contribution in [0.1, 0.15) is 45.4 Å². The van der Waals surface area contributed by atoms with Crippen LogP contribution in [0.2, 0.25) is 0 Å². The van der Waals surface area contributed by atoms with Gasteiger partial charge in [-0.2, -0.15) is 0 Å². The molecule has 0 aliphatic carbocycles. The quantitative estimate of drug-likeness (QED) is 0.492. The molecule has 0 N–H and O–H groups in total. The standard InChI is InChI=1S/C18H24O3S/c1-2-3-4-5-6-7-12-21-17-10-8-16-14-18(22(19)20)11-9-15(16)13-17/h8-11,13-14H,2-7,12H2,1H3,(H,19,20)/p-1. The summed E-state index contributed by atoms with van der Waals surface area (Å²) in [6.07, 6.45) is 7.49. The van der Waals surface area contributed by atoms with Crippen LogP contribution >= 0.6 is 0 Å². The van der Waals surface area contributed by atoms with Crippen LogP contribution in [0.4, 0.5) is 0 Å². The second-order valence-corrected chi connectivity index (χ2v) is 6.46. The predicted octanol–water partition coefficient (Wildman–Crippen LogP) is 4.82. The van der Waals surface area contributed by atoms with Crippen LogP contribution in [0.3, 0.4) is 0 Å². The average Bonchev–Trinajstić information content (AvgIpc) is 2.53. The first kappa shape index (κ1) is 17.0. The molecule has 0 bridgehead atoms. The predicted molar refractivity (Wildman–Crippen MR) is 90.0 cm³/mol. The summed E-state index contributed by atoms with van der Waals surface area (Å²) in [6.45, 7) is 2.96. The van der Waals surface area contributed by atoms with E-state index >= 15 is 0 Å². The molecule has 0 aliphatic heterocycles. The molecule has 0 fully saturated rings. The van der Waals surface area contributed by atoms with E-state index in [1.54, 1.807) is 12.1 Å². The smallest absolute Gasteiger partial charge is 0.119 e. The van der Waals surface area contributed by atoms with Gasteiger partial charge >= 0.3 is 0 Å². The van der Waals surface area contributed by atoms with Crippen molar-refractivity contribution in [1.29, 1.82) is 0 Å². The van der Waals surface area contributed by atoms with Crippen molar-refractivity contribution in [1.82, 2.24) is 0 Å². The molecule has 0 amide bonds. The molecule has 1 atom stereocenters. The van der Waals surface area contributed by atoms with Gasteiger partial charge < -0.3 is 9.29 Å². The summed E-state index contributed by atoms with van der Waals surface area (Å²) in [4.78, 5) is 0.313. The SMILES string of the molecule is CCCCCCCCOc1ccc2cc(S(=O)[O-])ccc2c1. The van der Waals surface area contributed by atoms with Gasteiger partial charge in [-0.05, 0) is 52.5 Å². The third-order valence-corrected chi connectivity index (χ3v) is 4.38. The van der Waals surface area contributed by atoms with Gasteiger partial charge in [-0.15, -0.1) is 0 Å². The highest BCUT2D eigenvalue weighted by Gasteiger charge is 2.00. The normalized spacial score (nSPS) is 12.5. The second kappa shape index (κ2) is 8.91. The van der Waals surface area contributed by atoms with E-state index in [9.17, 15) is 8.76 Å². The lowest BCUT2D eigenvalue weighted by Gasteiger charge is -2.09. The fourth-order valence-electron chi connectivity index (χ4n) is 2.47. The van der Waals surface area contributed by atoms with Gasteiger partial charge in [-0.3, -0.25) is 4.21 Å². The van der Waals surface area contributed by atoms with Crippen molar-refractivity contribution < 1.29 is 13.5 Å². The zero-order chi connectivity index (χ0) is 15.8. The maximum atomic E-state index is 11.0. The Morgan fingerprint density at radius 3 is 2.41 bits per heavy atom. The first-order chi connectivity index (χ1) is 10.7. The Bertz CT molecular complexity index is 625. The molecule has 0 radical (unpaired) electrons. The number of rotatable bonds is 9. The molecular weight excluding hydrogens is 296 g/mol. The third-order valence-electron chi connectivity index (χ3n) is 3.74. The minimum Gasteiger partial charge on any atom is -0.768 e. The lowest BCUT2D eigenvalue weighted by atomic mass is 10.1. The highest BCUT2D eigenvalue weighted by atomic mass is 32.2. The summed E-state index contributed by atoms with van der Waals surface area (Å²) in [7, 11) is 0. The monoisotopic (exact) mass is 319 g/mol. The van der Waals surface area contributed by atoms with E-state index in [1.165, 1.54) is 32.1 Å². The number of ether oxygens (including phenoxy) is 1. The van der Waals surface area contributed by atoms with Crippen molar-refractivity contribution in [3.8, 4) is 5.75 Å². The van der Waals surface area contributed by atoms with Crippen LogP contribution in [0.5, 0.6) is 5.75 Å². The molecule has 0 saturated heterocycles. The Labute approximate surface area is 135 Å². The van der Waals surface area contributed by atoms with Crippen molar-refractivity contribution in [2.75, 3.05) is 6.61 Å². The maximum absolute atomic E-state index is 11.0. The Hall–Kier alpha value is -1.39. The molecule has 0 spiro atoms. The average molecular weight is 319 g/mol. The van der Waals surface area contributed by atoms with Gasteiger partial charge in [0.1, 0.15) is 5.75 Å². The van der Waals surface area contributed by atoms with Crippen molar-refractivity contribution in [2.45, 2.75) is 50.3 Å². The molecule has 2 rings (SSSR count). The van der Waals surface area contributed by atoms with Crippen molar-refractivity contribution in [2.24, 2.45) is 0 Å². The number of hydrogen-bond donors (Lipinski definition) is 0. The third kappa shape index (κ3) is 5.11. The van der Waals surface area contributed by atoms with Crippen molar-refractivity contribution in [3.05, 3.63) is 36.4 Å². The number of unbranched alkanes of at least 4 members (excludes halogenated alkanes) is 5. The molecule has 0 saturated carbocycles. The molecule has 2 aromatic rings. The summed E-state index contributed by atoms with van der Waals surface area (Å²) >= 11 is -2.18. The Balaban J connectivity index is 1.85. The van der Waals surface area contributed by atoms with E-state index in [0.717, 1.165) is 29.5 Å². The summed E-state index contributed by atoms with van der Waals surface area (Å²) < 4.78 is 27.7. The highest BCUT2D eigenvalue weighted by Crippen LogP contribution is 2.23. The van der Waals surface area contributed by atoms with Gasteiger partial charge in [-0.1, -0.05) is 51.2 Å². The molecule has 2 aromatic carbocycles. The fourth-order valence-corrected chi connectivity index (χ4v) is 2.87. The summed E-state index contributed by atoms with van der Waals surface area (Å²) in [6, 6.07) is 10.9. The van der Waals surface area contributed by atoms with E-state index < -0.39 is 11.1 Å². The van der Waals surface area contributed by atoms with E-state index in [0.29, 0.717) is 4.90 Å². The topological polar surface area (TPSA) is 49.4 Å². The van der Waals surface area contributed by atoms with Gasteiger partial charge in [0.25, 0.3) is 0 Å². The second-order valence-electron chi connectivity index (χ2n) is 5.52. The Kier molecular flexibility index (Phi) is 6.87. The fraction of sp³-hybridized carbons (Fsp3) is 0.444. The van der Waals surface area contributed by atoms with Crippen LogP contribution in [0, 0.1) is 0 Å². The van der Waals surface area contributed by atoms with Gasteiger partial charge in [-0.25, -0.2) is 0 Å². The minimum absolute atomic E-state index is 0.313. The van der Waals surface area contributed by atoms with Gasteiger partial charge in [0.2, 0.25) is 0 Å². The largest absolute Gasteiger partial charge is 0.768 e. The van der Waals surface area contributed by atoms with Crippen LogP contribution in [-0.4, -0.2) is 15.4 Å². The molecule has 0 aromatic heterocycles. The molecule has 0 heterocycles. The zero-order valence-electron chi connectivity index (χ0n) is 13.0. The Morgan fingerprint density at radius 2 is 1.64 bits per heavy atom. The summed E-state index contributed by atoms with van der Waals surface area (Å²) in [5.41, 5.74) is 0. The number of fused-ring (bicyclic) bond motifs is 1. The van der Waals surface area contributed by atoms with E-state index in [2.05, 4.69) is 6.92 Å². The summed E-state index contributed by atoms with van der Waals surface area (Å²) in [5, 5.41) is 1.91. The van der Waals surface area contributed by atoms with Crippen LogP contribution in [0.25, 0.3) is 10.8 Å². The molecule has 3 nitrogen and oxygen atoms in total. The first-order valence-corrected chi connectivity index (χ1v) is 9.04. The molecule has 0 aliphatic rings. The van der Waals surface area contributed by atoms with Gasteiger partial charge in [0, 0.05) is 4.90 Å². The molecule has 22 heavy (non-hydrogen) atoms. The number of benzene rings is 2. The van der Waals surface area contributed by atoms with Crippen molar-refractivity contribution >= 4 is 21.9 Å². The van der Waals surface area contributed by atoms with Crippen molar-refractivity contribution in [3.63, 3.8) is 0 Å². The van der Waals surface area contributed by atoms with E-state index in [4.69, 9.17) is 4.74 Å². The lowest BCUT2D eigenvalue weighted by Crippen LogP contribution is -1.97. The minimum atomic E-state index is -2.18. The zero-order valence-corrected chi connectivity index (χ0v) is 13.9. The first-order valence-electron chi connectivity index (χ1n) is 7.96. The lowest BCUT2D eigenvalue weighted by molar-refractivity contribution is 0.305. The molecule has 120 valence electrons. The van der Waals surface area contributed by atoms with Gasteiger partial charge in [0.15, 0.2) is 0 Å². The van der Waals surface area contributed by atoms with Crippen LogP contribution in [0.15, 0.2) is 41.3 Å². The van der Waals surface area contributed by atoms with E-state index in [1.807, 2.05) is 24.3 Å². The van der Waals surface area contributed by atoms with Crippen LogP contribution < -0.4 is 4.74 Å². The summed E-state index contributed by atoms with van der Waals surface area (Å²) in [5.74, 6) is 0.844. The Morgan fingerprint density at radius 1 is 0.955 bits per heavy atom. The molecular formula is C18H23O3S-. The van der Waals surface area contributed by atoms with E-state index in [-0.39, 0.29) is 0 Å². The maximum Gasteiger partial charge on any atom is 0.119 e. The molecule has 4 heteroatoms. The molecule has 1 unspecified atom stereocenters. The van der Waals surface area contributed by atoms with Crippen LogP contribution in [-0.2, 0) is 11.1 Å².